The van der Waals surface area contributed by atoms with E-state index in [0.717, 1.165) is 63.5 Å². The summed E-state index contributed by atoms with van der Waals surface area (Å²) < 4.78 is 20.6. The van der Waals surface area contributed by atoms with Crippen molar-refractivity contribution in [3.8, 4) is 5.69 Å². The summed E-state index contributed by atoms with van der Waals surface area (Å²) in [4.78, 5) is 18.6. The number of carbonyl (C=O) groups excluding carboxylic acids is 1. The van der Waals surface area contributed by atoms with Gasteiger partial charge in [0, 0.05) is 31.7 Å². The molecule has 0 spiro atoms. The second-order valence-electron chi connectivity index (χ2n) is 7.60. The van der Waals surface area contributed by atoms with Crippen LogP contribution < -0.4 is 5.73 Å². The van der Waals surface area contributed by atoms with Crippen LogP contribution in [0.25, 0.3) is 5.69 Å². The number of piperidine rings is 1. The molecule has 2 aliphatic rings. The standard InChI is InChI=1S/C20H26FN5O2/c21-15-3-5-17(6-4-15)26-20(23-19(24-26)12-18(22)27)14-2-1-9-25(13-14)16-7-10-28-11-8-16/h3-6,14,16H,1-2,7-13H2,(H2,22,27). The van der Waals surface area contributed by atoms with Crippen molar-refractivity contribution in [2.24, 2.45) is 5.73 Å². The van der Waals surface area contributed by atoms with Crippen molar-refractivity contribution in [3.05, 3.63) is 41.7 Å². The van der Waals surface area contributed by atoms with Crippen molar-refractivity contribution in [3.63, 3.8) is 0 Å². The molecule has 8 heteroatoms. The number of nitrogens with zero attached hydrogens (tertiary/aromatic N) is 4. The number of primary amides is 1. The fourth-order valence-electron chi connectivity index (χ4n) is 4.23. The number of likely N-dealkylation sites (tertiary alicyclic amines) is 1. The first-order valence-corrected chi connectivity index (χ1v) is 9.92. The summed E-state index contributed by atoms with van der Waals surface area (Å²) in [5.74, 6) is 0.673. The van der Waals surface area contributed by atoms with Crippen LogP contribution in [-0.2, 0) is 16.0 Å². The second-order valence-corrected chi connectivity index (χ2v) is 7.60. The molecule has 1 amide bonds. The molecule has 150 valence electrons. The van der Waals surface area contributed by atoms with Gasteiger partial charge in [-0.1, -0.05) is 0 Å². The van der Waals surface area contributed by atoms with E-state index in [-0.39, 0.29) is 18.2 Å². The molecular formula is C20H26FN5O2. The maximum atomic E-state index is 13.4. The van der Waals surface area contributed by atoms with Gasteiger partial charge >= 0.3 is 0 Å². The summed E-state index contributed by atoms with van der Waals surface area (Å²) >= 11 is 0. The topological polar surface area (TPSA) is 86.3 Å². The van der Waals surface area contributed by atoms with Crippen molar-refractivity contribution in [2.45, 2.75) is 44.1 Å². The SMILES string of the molecule is NC(=O)Cc1nc(C2CCCN(C3CCOCC3)C2)n(-c2ccc(F)cc2)n1. The fraction of sp³-hybridized carbons (Fsp3) is 0.550. The van der Waals surface area contributed by atoms with E-state index < -0.39 is 5.91 Å². The van der Waals surface area contributed by atoms with Crippen LogP contribution in [0.2, 0.25) is 0 Å². The molecule has 2 saturated heterocycles. The van der Waals surface area contributed by atoms with Crippen LogP contribution in [0.15, 0.2) is 24.3 Å². The Morgan fingerprint density at radius 2 is 1.96 bits per heavy atom. The van der Waals surface area contributed by atoms with Crippen LogP contribution in [0.3, 0.4) is 0 Å². The van der Waals surface area contributed by atoms with Crippen molar-refractivity contribution >= 4 is 5.91 Å². The van der Waals surface area contributed by atoms with E-state index in [9.17, 15) is 9.18 Å². The number of halogens is 1. The molecule has 2 aromatic rings. The van der Waals surface area contributed by atoms with E-state index in [4.69, 9.17) is 10.5 Å². The fourth-order valence-corrected chi connectivity index (χ4v) is 4.23. The lowest BCUT2D eigenvalue weighted by atomic mass is 9.94. The molecule has 0 bridgehead atoms. The van der Waals surface area contributed by atoms with Gasteiger partial charge in [-0.25, -0.2) is 14.1 Å². The Bertz CT molecular complexity index is 817. The van der Waals surface area contributed by atoms with Crippen LogP contribution in [0.5, 0.6) is 0 Å². The van der Waals surface area contributed by atoms with E-state index in [0.29, 0.717) is 11.9 Å². The van der Waals surface area contributed by atoms with Crippen molar-refractivity contribution < 1.29 is 13.9 Å². The number of benzene rings is 1. The molecule has 28 heavy (non-hydrogen) atoms. The first kappa shape index (κ1) is 19.0. The Hall–Kier alpha value is -2.32. The van der Waals surface area contributed by atoms with Crippen LogP contribution in [0.4, 0.5) is 4.39 Å². The van der Waals surface area contributed by atoms with Gasteiger partial charge in [-0.15, -0.1) is 0 Å². The van der Waals surface area contributed by atoms with Crippen molar-refractivity contribution in [1.29, 1.82) is 0 Å². The third kappa shape index (κ3) is 4.23. The van der Waals surface area contributed by atoms with Crippen LogP contribution in [0, 0.1) is 5.82 Å². The zero-order chi connectivity index (χ0) is 19.5. The first-order chi connectivity index (χ1) is 13.6. The van der Waals surface area contributed by atoms with E-state index in [1.165, 1.54) is 12.1 Å². The van der Waals surface area contributed by atoms with Crippen LogP contribution in [0.1, 0.15) is 43.3 Å². The molecule has 1 atom stereocenters. The third-order valence-electron chi connectivity index (χ3n) is 5.60. The monoisotopic (exact) mass is 387 g/mol. The number of hydrogen-bond donors (Lipinski definition) is 1. The molecule has 0 aliphatic carbocycles. The summed E-state index contributed by atoms with van der Waals surface area (Å²) in [5, 5.41) is 4.51. The van der Waals surface area contributed by atoms with Gasteiger partial charge in [0.05, 0.1) is 12.1 Å². The van der Waals surface area contributed by atoms with E-state index >= 15 is 0 Å². The minimum absolute atomic E-state index is 0.00239. The summed E-state index contributed by atoms with van der Waals surface area (Å²) in [6.07, 6.45) is 4.21. The van der Waals surface area contributed by atoms with E-state index in [1.807, 2.05) is 0 Å². The maximum Gasteiger partial charge on any atom is 0.225 e. The minimum atomic E-state index is -0.463. The lowest BCUT2D eigenvalue weighted by molar-refractivity contribution is -0.117. The van der Waals surface area contributed by atoms with Gasteiger partial charge in [0.25, 0.3) is 0 Å². The number of amides is 1. The molecule has 7 nitrogen and oxygen atoms in total. The van der Waals surface area contributed by atoms with Gasteiger partial charge in [-0.2, -0.15) is 5.10 Å². The van der Waals surface area contributed by atoms with Gasteiger partial charge in [0.2, 0.25) is 5.91 Å². The molecule has 3 heterocycles. The highest BCUT2D eigenvalue weighted by Crippen LogP contribution is 2.30. The Kier molecular flexibility index (Phi) is 5.68. The first-order valence-electron chi connectivity index (χ1n) is 9.92. The van der Waals surface area contributed by atoms with Gasteiger partial charge in [0.1, 0.15) is 11.6 Å². The Balaban J connectivity index is 1.62. The third-order valence-corrected chi connectivity index (χ3v) is 5.60. The Labute approximate surface area is 163 Å². The summed E-state index contributed by atoms with van der Waals surface area (Å²) in [6, 6.07) is 6.72. The van der Waals surface area contributed by atoms with Crippen molar-refractivity contribution in [2.75, 3.05) is 26.3 Å². The number of carbonyl (C=O) groups is 1. The average molecular weight is 387 g/mol. The zero-order valence-corrected chi connectivity index (χ0v) is 15.9. The molecule has 2 N–H and O–H groups in total. The lowest BCUT2D eigenvalue weighted by Gasteiger charge is -2.39. The summed E-state index contributed by atoms with van der Waals surface area (Å²) in [7, 11) is 0. The zero-order valence-electron chi connectivity index (χ0n) is 15.9. The highest BCUT2D eigenvalue weighted by atomic mass is 19.1. The predicted octanol–water partition coefficient (Wildman–Crippen LogP) is 1.79. The number of hydrogen-bond acceptors (Lipinski definition) is 5. The molecule has 2 fully saturated rings. The Morgan fingerprint density at radius 1 is 1.21 bits per heavy atom. The van der Waals surface area contributed by atoms with Gasteiger partial charge < -0.3 is 10.5 Å². The highest BCUT2D eigenvalue weighted by molar-refractivity contribution is 5.75. The normalized spacial score (nSPS) is 21.7. The number of rotatable bonds is 5. The minimum Gasteiger partial charge on any atom is -0.381 e. The predicted molar refractivity (Wildman–Crippen MR) is 102 cm³/mol. The van der Waals surface area contributed by atoms with Crippen LogP contribution >= 0.6 is 0 Å². The number of nitrogens with two attached hydrogens (primary N) is 1. The molecule has 4 rings (SSSR count). The molecule has 1 aromatic carbocycles. The van der Waals surface area contributed by atoms with E-state index in [1.54, 1.807) is 16.8 Å². The lowest BCUT2D eigenvalue weighted by Crippen LogP contribution is -2.45. The number of ether oxygens (including phenoxy) is 1. The smallest absolute Gasteiger partial charge is 0.225 e. The molecular weight excluding hydrogens is 361 g/mol. The largest absolute Gasteiger partial charge is 0.381 e. The summed E-state index contributed by atoms with van der Waals surface area (Å²) in [6.45, 7) is 3.63. The van der Waals surface area contributed by atoms with Crippen LogP contribution in [-0.4, -0.2) is 57.9 Å². The van der Waals surface area contributed by atoms with Gasteiger partial charge in [0.15, 0.2) is 5.82 Å². The summed E-state index contributed by atoms with van der Waals surface area (Å²) in [5.41, 5.74) is 6.08. The maximum absolute atomic E-state index is 13.4. The average Bonchev–Trinajstić information content (AvgIpc) is 3.12. The molecule has 1 unspecified atom stereocenters. The highest BCUT2D eigenvalue weighted by Gasteiger charge is 2.31. The van der Waals surface area contributed by atoms with Gasteiger partial charge in [-0.05, 0) is 56.5 Å². The van der Waals surface area contributed by atoms with Crippen molar-refractivity contribution in [1.82, 2.24) is 19.7 Å². The van der Waals surface area contributed by atoms with E-state index in [2.05, 4.69) is 15.0 Å². The number of aromatic nitrogens is 3. The quantitative estimate of drug-likeness (QED) is 0.845. The Morgan fingerprint density at radius 3 is 2.68 bits per heavy atom. The molecule has 0 saturated carbocycles. The second kappa shape index (κ2) is 8.36. The molecule has 1 aromatic heterocycles. The van der Waals surface area contributed by atoms with Gasteiger partial charge in [-0.3, -0.25) is 9.69 Å². The molecule has 2 aliphatic heterocycles. The molecule has 0 radical (unpaired) electrons.